The predicted octanol–water partition coefficient (Wildman–Crippen LogP) is 1.88. The van der Waals surface area contributed by atoms with Gasteiger partial charge in [-0.05, 0) is 31.7 Å². The van der Waals surface area contributed by atoms with Gasteiger partial charge >= 0.3 is 0 Å². The van der Waals surface area contributed by atoms with Crippen molar-refractivity contribution in [3.63, 3.8) is 0 Å². The number of aliphatic hydroxyl groups is 1. The number of amides is 1. The molecule has 0 saturated carbocycles. The minimum atomic E-state index is -0.226. The second kappa shape index (κ2) is 7.24. The zero-order chi connectivity index (χ0) is 15.2. The van der Waals surface area contributed by atoms with E-state index in [0.29, 0.717) is 40.8 Å². The number of hydrogen-bond acceptors (Lipinski definition) is 6. The lowest BCUT2D eigenvalue weighted by molar-refractivity contribution is 0.0946. The van der Waals surface area contributed by atoms with Crippen molar-refractivity contribution in [1.29, 1.82) is 0 Å². The third kappa shape index (κ3) is 3.62. The summed E-state index contributed by atoms with van der Waals surface area (Å²) in [5, 5.41) is 12.1. The second-order valence-corrected chi connectivity index (χ2v) is 5.12. The number of aliphatic hydroxyl groups excluding tert-OH is 1. The number of hydrogen-bond donors (Lipinski definition) is 2. The molecule has 0 aliphatic heterocycles. The SMILES string of the molecule is CSc1nc(-c2ccco2)nc(C)c1C(=O)NCCCO. The van der Waals surface area contributed by atoms with Crippen LogP contribution >= 0.6 is 11.8 Å². The van der Waals surface area contributed by atoms with Gasteiger partial charge in [-0.1, -0.05) is 0 Å². The Morgan fingerprint density at radius 3 is 2.90 bits per heavy atom. The van der Waals surface area contributed by atoms with Crippen LogP contribution in [0.4, 0.5) is 0 Å². The molecule has 0 spiro atoms. The monoisotopic (exact) mass is 307 g/mol. The highest BCUT2D eigenvalue weighted by Crippen LogP contribution is 2.24. The number of aryl methyl sites for hydroxylation is 1. The number of carbonyl (C=O) groups is 1. The number of carbonyl (C=O) groups excluding carboxylic acids is 1. The molecule has 2 aromatic rings. The third-order valence-electron chi connectivity index (χ3n) is 2.84. The molecule has 112 valence electrons. The van der Waals surface area contributed by atoms with Crippen molar-refractivity contribution in [1.82, 2.24) is 15.3 Å². The Morgan fingerprint density at radius 2 is 2.29 bits per heavy atom. The maximum absolute atomic E-state index is 12.2. The average Bonchev–Trinajstić information content (AvgIpc) is 3.00. The Morgan fingerprint density at radius 1 is 1.48 bits per heavy atom. The Bertz CT molecular complexity index is 614. The molecule has 0 unspecified atom stereocenters. The van der Waals surface area contributed by atoms with E-state index in [1.165, 1.54) is 11.8 Å². The summed E-state index contributed by atoms with van der Waals surface area (Å²) in [4.78, 5) is 20.9. The van der Waals surface area contributed by atoms with Crippen LogP contribution in [0, 0.1) is 6.92 Å². The van der Waals surface area contributed by atoms with Gasteiger partial charge in [0.25, 0.3) is 5.91 Å². The molecule has 0 radical (unpaired) electrons. The first kappa shape index (κ1) is 15.5. The molecule has 1 amide bonds. The summed E-state index contributed by atoms with van der Waals surface area (Å²) in [6.45, 7) is 2.24. The minimum Gasteiger partial charge on any atom is -0.461 e. The molecule has 0 atom stereocenters. The number of furan rings is 1. The molecule has 7 heteroatoms. The molecule has 0 bridgehead atoms. The fourth-order valence-electron chi connectivity index (χ4n) is 1.84. The van der Waals surface area contributed by atoms with E-state index < -0.39 is 0 Å². The van der Waals surface area contributed by atoms with E-state index in [1.54, 1.807) is 25.3 Å². The summed E-state index contributed by atoms with van der Waals surface area (Å²) in [6.07, 6.45) is 3.94. The highest BCUT2D eigenvalue weighted by atomic mass is 32.2. The summed E-state index contributed by atoms with van der Waals surface area (Å²) >= 11 is 1.39. The van der Waals surface area contributed by atoms with Gasteiger partial charge in [0.2, 0.25) is 0 Å². The maximum atomic E-state index is 12.2. The van der Waals surface area contributed by atoms with E-state index >= 15 is 0 Å². The number of nitrogens with one attached hydrogen (secondary N) is 1. The van der Waals surface area contributed by atoms with E-state index in [2.05, 4.69) is 15.3 Å². The van der Waals surface area contributed by atoms with Gasteiger partial charge in [0, 0.05) is 13.2 Å². The first-order chi connectivity index (χ1) is 10.2. The van der Waals surface area contributed by atoms with E-state index in [1.807, 2.05) is 6.26 Å². The van der Waals surface area contributed by atoms with E-state index in [0.717, 1.165) is 0 Å². The van der Waals surface area contributed by atoms with Gasteiger partial charge in [-0.25, -0.2) is 9.97 Å². The molecule has 0 aromatic carbocycles. The lowest BCUT2D eigenvalue weighted by Gasteiger charge is -2.11. The van der Waals surface area contributed by atoms with Crippen LogP contribution in [0.5, 0.6) is 0 Å². The van der Waals surface area contributed by atoms with Crippen LogP contribution in [0.25, 0.3) is 11.6 Å². The van der Waals surface area contributed by atoms with Crippen molar-refractivity contribution in [3.8, 4) is 11.6 Å². The van der Waals surface area contributed by atoms with Gasteiger partial charge in [-0.2, -0.15) is 0 Å². The molecule has 0 saturated heterocycles. The molecular formula is C14H17N3O3S. The normalized spacial score (nSPS) is 10.6. The standard InChI is InChI=1S/C14H17N3O3S/c1-9-11(13(19)15-6-4-7-18)14(21-2)17-12(16-9)10-5-3-8-20-10/h3,5,8,18H,4,6-7H2,1-2H3,(H,15,19). The third-order valence-corrected chi connectivity index (χ3v) is 3.52. The Balaban J connectivity index is 2.31. The van der Waals surface area contributed by atoms with Crippen molar-refractivity contribution >= 4 is 17.7 Å². The van der Waals surface area contributed by atoms with Crippen LogP contribution in [0.1, 0.15) is 22.5 Å². The highest BCUT2D eigenvalue weighted by molar-refractivity contribution is 7.98. The van der Waals surface area contributed by atoms with Gasteiger partial charge in [0.05, 0.1) is 17.5 Å². The highest BCUT2D eigenvalue weighted by Gasteiger charge is 2.19. The first-order valence-corrected chi connectivity index (χ1v) is 7.75. The van der Waals surface area contributed by atoms with E-state index in [9.17, 15) is 4.79 Å². The zero-order valence-electron chi connectivity index (χ0n) is 11.9. The predicted molar refractivity (Wildman–Crippen MR) is 80.3 cm³/mol. The molecule has 0 aliphatic rings. The summed E-state index contributed by atoms with van der Waals surface area (Å²) in [7, 11) is 0. The second-order valence-electron chi connectivity index (χ2n) is 4.33. The van der Waals surface area contributed by atoms with Gasteiger partial charge in [0.15, 0.2) is 11.6 Å². The number of aromatic nitrogens is 2. The Kier molecular flexibility index (Phi) is 5.35. The zero-order valence-corrected chi connectivity index (χ0v) is 12.7. The molecule has 6 nitrogen and oxygen atoms in total. The van der Waals surface area contributed by atoms with Crippen LogP contribution in [0.3, 0.4) is 0 Å². The number of thioether (sulfide) groups is 1. The topological polar surface area (TPSA) is 88.2 Å². The lowest BCUT2D eigenvalue weighted by Crippen LogP contribution is -2.27. The summed E-state index contributed by atoms with van der Waals surface area (Å²) in [5.74, 6) is 0.811. The van der Waals surface area contributed by atoms with E-state index in [4.69, 9.17) is 9.52 Å². The van der Waals surface area contributed by atoms with E-state index in [-0.39, 0.29) is 12.5 Å². The minimum absolute atomic E-state index is 0.0442. The van der Waals surface area contributed by atoms with Gasteiger partial charge in [0.1, 0.15) is 5.03 Å². The fraction of sp³-hybridized carbons (Fsp3) is 0.357. The van der Waals surface area contributed by atoms with Crippen LogP contribution in [-0.2, 0) is 0 Å². The maximum Gasteiger partial charge on any atom is 0.255 e. The summed E-state index contributed by atoms with van der Waals surface area (Å²) in [6, 6.07) is 3.54. The van der Waals surface area contributed by atoms with Crippen LogP contribution < -0.4 is 5.32 Å². The summed E-state index contributed by atoms with van der Waals surface area (Å²) < 4.78 is 5.29. The smallest absolute Gasteiger partial charge is 0.255 e. The molecule has 0 fully saturated rings. The van der Waals surface area contributed by atoms with Crippen molar-refractivity contribution in [3.05, 3.63) is 29.7 Å². The Hall–Kier alpha value is -1.86. The van der Waals surface area contributed by atoms with Gasteiger partial charge in [-0.15, -0.1) is 11.8 Å². The molecule has 21 heavy (non-hydrogen) atoms. The number of nitrogens with zero attached hydrogens (tertiary/aromatic N) is 2. The first-order valence-electron chi connectivity index (χ1n) is 6.53. The summed E-state index contributed by atoms with van der Waals surface area (Å²) in [5.41, 5.74) is 1.07. The molecule has 2 N–H and O–H groups in total. The molecule has 2 aromatic heterocycles. The van der Waals surface area contributed by atoms with Crippen molar-refractivity contribution in [2.24, 2.45) is 0 Å². The molecule has 0 aliphatic carbocycles. The van der Waals surface area contributed by atoms with Crippen molar-refractivity contribution < 1.29 is 14.3 Å². The largest absolute Gasteiger partial charge is 0.461 e. The lowest BCUT2D eigenvalue weighted by atomic mass is 10.2. The average molecular weight is 307 g/mol. The molecule has 2 rings (SSSR count). The molecular weight excluding hydrogens is 290 g/mol. The van der Waals surface area contributed by atoms with Crippen LogP contribution in [0.2, 0.25) is 0 Å². The van der Waals surface area contributed by atoms with Crippen LogP contribution in [0.15, 0.2) is 27.8 Å². The number of rotatable bonds is 6. The van der Waals surface area contributed by atoms with Crippen molar-refractivity contribution in [2.75, 3.05) is 19.4 Å². The van der Waals surface area contributed by atoms with Crippen LogP contribution in [-0.4, -0.2) is 40.4 Å². The Labute approximate surface area is 127 Å². The van der Waals surface area contributed by atoms with Crippen molar-refractivity contribution in [2.45, 2.75) is 18.4 Å². The quantitative estimate of drug-likeness (QED) is 0.481. The van der Waals surface area contributed by atoms with Gasteiger partial charge in [-0.3, -0.25) is 4.79 Å². The fourth-order valence-corrected chi connectivity index (χ4v) is 2.46. The molecule has 2 heterocycles. The van der Waals surface area contributed by atoms with Gasteiger partial charge < -0.3 is 14.8 Å².